The van der Waals surface area contributed by atoms with Gasteiger partial charge in [0, 0.05) is 12.1 Å². The monoisotopic (exact) mass is 313 g/mol. The molecule has 1 aromatic carbocycles. The van der Waals surface area contributed by atoms with Gasteiger partial charge in [-0.2, -0.15) is 0 Å². The van der Waals surface area contributed by atoms with Crippen molar-refractivity contribution in [2.45, 2.75) is 31.6 Å². The Morgan fingerprint density at radius 3 is 2.62 bits per heavy atom. The Bertz CT molecular complexity index is 599. The zero-order valence-corrected chi connectivity index (χ0v) is 13.5. The van der Waals surface area contributed by atoms with Gasteiger partial charge in [-0.15, -0.1) is 0 Å². The Kier molecular flexibility index (Phi) is 6.32. The predicted molar refractivity (Wildman–Crippen MR) is 83.5 cm³/mol. The number of anilines is 1. The molecule has 6 nitrogen and oxygen atoms in total. The largest absolute Gasteiger partial charge is 0.330 e. The van der Waals surface area contributed by atoms with Crippen LogP contribution in [0.4, 0.5) is 5.69 Å². The smallest absolute Gasteiger partial charge is 0.240 e. The molecule has 0 saturated carbocycles. The van der Waals surface area contributed by atoms with E-state index in [2.05, 4.69) is 10.0 Å². The zero-order valence-electron chi connectivity index (χ0n) is 12.6. The SMILES string of the molecule is CNS(=O)(=O)c1ccc(C)c(NC(=O)CCC(C)CN)c1. The molecule has 0 aliphatic heterocycles. The number of aryl methyl sites for hydroxylation is 1. The molecule has 0 fully saturated rings. The summed E-state index contributed by atoms with van der Waals surface area (Å²) in [6.45, 7) is 4.34. The van der Waals surface area contributed by atoms with Crippen LogP contribution in [0.15, 0.2) is 23.1 Å². The average Bonchev–Trinajstić information content (AvgIpc) is 2.46. The lowest BCUT2D eigenvalue weighted by atomic mass is 10.1. The first-order valence-electron chi connectivity index (χ1n) is 6.84. The van der Waals surface area contributed by atoms with Gasteiger partial charge in [-0.25, -0.2) is 13.1 Å². The minimum Gasteiger partial charge on any atom is -0.330 e. The highest BCUT2D eigenvalue weighted by molar-refractivity contribution is 7.89. The maximum absolute atomic E-state index is 11.9. The fraction of sp³-hybridized carbons (Fsp3) is 0.500. The van der Waals surface area contributed by atoms with Crippen molar-refractivity contribution in [2.75, 3.05) is 18.9 Å². The number of benzene rings is 1. The van der Waals surface area contributed by atoms with Gasteiger partial charge in [0.2, 0.25) is 15.9 Å². The number of nitrogens with two attached hydrogens (primary N) is 1. The van der Waals surface area contributed by atoms with Crippen LogP contribution in [0.5, 0.6) is 0 Å². The number of carbonyl (C=O) groups excluding carboxylic acids is 1. The molecule has 0 aliphatic rings. The van der Waals surface area contributed by atoms with E-state index < -0.39 is 10.0 Å². The highest BCUT2D eigenvalue weighted by Crippen LogP contribution is 2.20. The lowest BCUT2D eigenvalue weighted by Crippen LogP contribution is -2.20. The molecule has 1 amide bonds. The molecule has 0 radical (unpaired) electrons. The van der Waals surface area contributed by atoms with Crippen molar-refractivity contribution in [3.05, 3.63) is 23.8 Å². The Morgan fingerprint density at radius 1 is 1.38 bits per heavy atom. The predicted octanol–water partition coefficient (Wildman–Crippen LogP) is 1.22. The summed E-state index contributed by atoms with van der Waals surface area (Å²) in [4.78, 5) is 12.0. The molecule has 1 atom stereocenters. The van der Waals surface area contributed by atoms with Crippen LogP contribution in [0.2, 0.25) is 0 Å². The Labute approximate surface area is 126 Å². The summed E-state index contributed by atoms with van der Waals surface area (Å²) in [5.74, 6) is 0.144. The van der Waals surface area contributed by atoms with Crippen molar-refractivity contribution in [3.8, 4) is 0 Å². The van der Waals surface area contributed by atoms with Crippen LogP contribution in [0.25, 0.3) is 0 Å². The molecule has 0 bridgehead atoms. The van der Waals surface area contributed by atoms with Gasteiger partial charge in [-0.05, 0) is 50.6 Å². The summed E-state index contributed by atoms with van der Waals surface area (Å²) in [6.07, 6.45) is 1.07. The third-order valence-corrected chi connectivity index (χ3v) is 4.74. The molecule has 1 aromatic rings. The van der Waals surface area contributed by atoms with Gasteiger partial charge in [-0.1, -0.05) is 13.0 Å². The minimum atomic E-state index is -3.52. The molecule has 7 heteroatoms. The Morgan fingerprint density at radius 2 is 2.05 bits per heavy atom. The van der Waals surface area contributed by atoms with Gasteiger partial charge in [-0.3, -0.25) is 4.79 Å². The van der Waals surface area contributed by atoms with Gasteiger partial charge in [0.05, 0.1) is 4.90 Å². The molecular formula is C14H23N3O3S. The second-order valence-electron chi connectivity index (χ2n) is 5.11. The van der Waals surface area contributed by atoms with E-state index >= 15 is 0 Å². The second kappa shape index (κ2) is 7.53. The van der Waals surface area contributed by atoms with E-state index in [1.807, 2.05) is 13.8 Å². The standard InChI is InChI=1S/C14H23N3O3S/c1-10(9-15)4-7-14(18)17-13-8-12(6-5-11(13)2)21(19,20)16-3/h5-6,8,10,16H,4,7,9,15H2,1-3H3,(H,17,18). The Balaban J connectivity index is 2.84. The Hall–Kier alpha value is -1.44. The van der Waals surface area contributed by atoms with Crippen molar-refractivity contribution < 1.29 is 13.2 Å². The maximum Gasteiger partial charge on any atom is 0.240 e. The fourth-order valence-electron chi connectivity index (χ4n) is 1.73. The number of hydrogen-bond donors (Lipinski definition) is 3. The number of nitrogens with one attached hydrogen (secondary N) is 2. The number of hydrogen-bond acceptors (Lipinski definition) is 4. The minimum absolute atomic E-state index is 0.126. The average molecular weight is 313 g/mol. The van der Waals surface area contributed by atoms with Crippen LogP contribution in [0, 0.1) is 12.8 Å². The molecule has 0 heterocycles. The van der Waals surface area contributed by atoms with Crippen LogP contribution < -0.4 is 15.8 Å². The zero-order chi connectivity index (χ0) is 16.0. The van der Waals surface area contributed by atoms with Crippen molar-refractivity contribution in [2.24, 2.45) is 11.7 Å². The third kappa shape index (κ3) is 5.11. The van der Waals surface area contributed by atoms with E-state index in [1.165, 1.54) is 19.2 Å². The lowest BCUT2D eigenvalue weighted by molar-refractivity contribution is -0.116. The molecule has 0 saturated heterocycles. The summed E-state index contributed by atoms with van der Waals surface area (Å²) in [6, 6.07) is 4.64. The molecule has 0 aromatic heterocycles. The van der Waals surface area contributed by atoms with Crippen molar-refractivity contribution in [3.63, 3.8) is 0 Å². The van der Waals surface area contributed by atoms with Crippen molar-refractivity contribution >= 4 is 21.6 Å². The summed E-state index contributed by atoms with van der Waals surface area (Å²) in [5, 5.41) is 2.75. The quantitative estimate of drug-likeness (QED) is 0.704. The van der Waals surface area contributed by atoms with E-state index in [0.717, 1.165) is 5.56 Å². The first-order chi connectivity index (χ1) is 9.80. The molecule has 1 rings (SSSR count). The van der Waals surface area contributed by atoms with Gasteiger partial charge in [0.15, 0.2) is 0 Å². The van der Waals surface area contributed by atoms with Crippen LogP contribution in [0.1, 0.15) is 25.3 Å². The second-order valence-corrected chi connectivity index (χ2v) is 7.00. The molecule has 21 heavy (non-hydrogen) atoms. The van der Waals surface area contributed by atoms with Crippen LogP contribution in [-0.4, -0.2) is 27.9 Å². The summed E-state index contributed by atoms with van der Waals surface area (Å²) < 4.78 is 25.8. The third-order valence-electron chi connectivity index (χ3n) is 3.33. The summed E-state index contributed by atoms with van der Waals surface area (Å²) in [7, 11) is -2.17. The topological polar surface area (TPSA) is 101 Å². The highest BCUT2D eigenvalue weighted by atomic mass is 32.2. The molecule has 4 N–H and O–H groups in total. The van der Waals surface area contributed by atoms with Gasteiger partial charge in [0.25, 0.3) is 0 Å². The van der Waals surface area contributed by atoms with Crippen LogP contribution in [-0.2, 0) is 14.8 Å². The van der Waals surface area contributed by atoms with Crippen molar-refractivity contribution in [1.29, 1.82) is 0 Å². The maximum atomic E-state index is 11.9. The normalized spacial score (nSPS) is 13.0. The van der Waals surface area contributed by atoms with E-state index in [1.54, 1.807) is 6.07 Å². The molecular weight excluding hydrogens is 290 g/mol. The van der Waals surface area contributed by atoms with E-state index in [-0.39, 0.29) is 16.7 Å². The van der Waals surface area contributed by atoms with E-state index in [9.17, 15) is 13.2 Å². The number of amides is 1. The number of rotatable bonds is 7. The molecule has 118 valence electrons. The van der Waals surface area contributed by atoms with E-state index in [4.69, 9.17) is 5.73 Å². The number of carbonyl (C=O) groups is 1. The van der Waals surface area contributed by atoms with Gasteiger partial charge >= 0.3 is 0 Å². The highest BCUT2D eigenvalue weighted by Gasteiger charge is 2.14. The van der Waals surface area contributed by atoms with Gasteiger partial charge in [0.1, 0.15) is 0 Å². The summed E-state index contributed by atoms with van der Waals surface area (Å²) >= 11 is 0. The first-order valence-corrected chi connectivity index (χ1v) is 8.32. The van der Waals surface area contributed by atoms with Crippen molar-refractivity contribution in [1.82, 2.24) is 4.72 Å². The van der Waals surface area contributed by atoms with E-state index in [0.29, 0.717) is 25.1 Å². The lowest BCUT2D eigenvalue weighted by Gasteiger charge is -2.12. The summed E-state index contributed by atoms with van der Waals surface area (Å²) in [5.41, 5.74) is 6.83. The van der Waals surface area contributed by atoms with Gasteiger partial charge < -0.3 is 11.1 Å². The van der Waals surface area contributed by atoms with Crippen LogP contribution in [0.3, 0.4) is 0 Å². The first kappa shape index (κ1) is 17.6. The molecule has 0 aliphatic carbocycles. The molecule has 1 unspecified atom stereocenters. The van der Waals surface area contributed by atoms with Crippen LogP contribution >= 0.6 is 0 Å². The fourth-order valence-corrected chi connectivity index (χ4v) is 2.48. The number of sulfonamides is 1. The molecule has 0 spiro atoms.